The Hall–Kier alpha value is -2.71. The molecule has 0 bridgehead atoms. The van der Waals surface area contributed by atoms with Gasteiger partial charge in [0.2, 0.25) is 11.8 Å². The minimum Gasteiger partial charge on any atom is -0.356 e. The van der Waals surface area contributed by atoms with Gasteiger partial charge in [-0.15, -0.1) is 0 Å². The van der Waals surface area contributed by atoms with Crippen LogP contribution in [0.2, 0.25) is 0 Å². The Morgan fingerprint density at radius 1 is 1.31 bits per heavy atom. The molecule has 1 saturated carbocycles. The SMILES string of the molecule is CC(=O)NC[C@H]1CCn2ncc(C(=O)N[C@H](c3nc(C4CC4)no3)C(C)C)c2C1. The van der Waals surface area contributed by atoms with Crippen molar-refractivity contribution in [3.05, 3.63) is 29.2 Å². The highest BCUT2D eigenvalue weighted by atomic mass is 16.5. The highest BCUT2D eigenvalue weighted by molar-refractivity contribution is 5.95. The Labute approximate surface area is 169 Å². The lowest BCUT2D eigenvalue weighted by Gasteiger charge is -2.24. The molecule has 2 aliphatic rings. The molecule has 0 saturated heterocycles. The molecule has 1 aliphatic heterocycles. The number of hydrogen-bond donors (Lipinski definition) is 2. The Morgan fingerprint density at radius 3 is 2.79 bits per heavy atom. The van der Waals surface area contributed by atoms with Gasteiger partial charge in [-0.25, -0.2) is 0 Å². The van der Waals surface area contributed by atoms with E-state index in [-0.39, 0.29) is 23.8 Å². The number of aromatic nitrogens is 4. The molecular weight excluding hydrogens is 372 g/mol. The van der Waals surface area contributed by atoms with E-state index in [9.17, 15) is 9.59 Å². The zero-order chi connectivity index (χ0) is 20.5. The summed E-state index contributed by atoms with van der Waals surface area (Å²) in [4.78, 5) is 28.8. The van der Waals surface area contributed by atoms with E-state index in [2.05, 4.69) is 25.9 Å². The molecular formula is C20H28N6O3. The van der Waals surface area contributed by atoms with Gasteiger partial charge < -0.3 is 15.2 Å². The van der Waals surface area contributed by atoms with Crippen LogP contribution in [-0.2, 0) is 17.8 Å². The summed E-state index contributed by atoms with van der Waals surface area (Å²) in [6.45, 7) is 6.91. The van der Waals surface area contributed by atoms with Crippen LogP contribution < -0.4 is 10.6 Å². The summed E-state index contributed by atoms with van der Waals surface area (Å²) < 4.78 is 7.35. The Bertz CT molecular complexity index is 898. The van der Waals surface area contributed by atoms with Gasteiger partial charge >= 0.3 is 0 Å². The molecule has 2 N–H and O–H groups in total. The van der Waals surface area contributed by atoms with Crippen LogP contribution in [0.4, 0.5) is 0 Å². The first-order valence-electron chi connectivity index (χ1n) is 10.4. The first kappa shape index (κ1) is 19.6. The topological polar surface area (TPSA) is 115 Å². The summed E-state index contributed by atoms with van der Waals surface area (Å²) in [5.74, 6) is 1.78. The van der Waals surface area contributed by atoms with E-state index in [1.165, 1.54) is 6.92 Å². The summed E-state index contributed by atoms with van der Waals surface area (Å²) in [5, 5.41) is 14.4. The molecule has 0 spiro atoms. The molecule has 29 heavy (non-hydrogen) atoms. The van der Waals surface area contributed by atoms with Crippen LogP contribution in [0.15, 0.2) is 10.7 Å². The average Bonchev–Trinajstić information content (AvgIpc) is 3.27. The van der Waals surface area contributed by atoms with E-state index in [1.807, 2.05) is 18.5 Å². The maximum Gasteiger partial charge on any atom is 0.255 e. The molecule has 0 unspecified atom stereocenters. The molecule has 0 aromatic carbocycles. The lowest BCUT2D eigenvalue weighted by atomic mass is 9.94. The van der Waals surface area contributed by atoms with Gasteiger partial charge in [0.25, 0.3) is 5.91 Å². The van der Waals surface area contributed by atoms with E-state index in [4.69, 9.17) is 4.52 Å². The van der Waals surface area contributed by atoms with E-state index >= 15 is 0 Å². The van der Waals surface area contributed by atoms with Crippen molar-refractivity contribution in [1.29, 1.82) is 0 Å². The molecule has 3 heterocycles. The Kier molecular flexibility index (Phi) is 5.38. The third kappa shape index (κ3) is 4.33. The van der Waals surface area contributed by atoms with Crippen LogP contribution in [-0.4, -0.2) is 38.3 Å². The number of fused-ring (bicyclic) bond motifs is 1. The molecule has 9 heteroatoms. The predicted octanol–water partition coefficient (Wildman–Crippen LogP) is 1.97. The van der Waals surface area contributed by atoms with Crippen molar-refractivity contribution < 1.29 is 14.1 Å². The quantitative estimate of drug-likeness (QED) is 0.734. The van der Waals surface area contributed by atoms with Crippen LogP contribution in [0.5, 0.6) is 0 Å². The first-order chi connectivity index (χ1) is 13.9. The summed E-state index contributed by atoms with van der Waals surface area (Å²) in [7, 11) is 0. The fourth-order valence-electron chi connectivity index (χ4n) is 3.76. The summed E-state index contributed by atoms with van der Waals surface area (Å²) >= 11 is 0. The van der Waals surface area contributed by atoms with Gasteiger partial charge in [0.05, 0.1) is 17.5 Å². The monoisotopic (exact) mass is 400 g/mol. The highest BCUT2D eigenvalue weighted by Gasteiger charge is 2.33. The molecule has 2 aromatic rings. The molecule has 2 amide bonds. The van der Waals surface area contributed by atoms with Crippen molar-refractivity contribution >= 4 is 11.8 Å². The number of hydrogen-bond acceptors (Lipinski definition) is 6. The summed E-state index contributed by atoms with van der Waals surface area (Å²) in [5.41, 5.74) is 1.49. The maximum absolute atomic E-state index is 13.1. The van der Waals surface area contributed by atoms with Crippen LogP contribution in [0.1, 0.15) is 79.8 Å². The number of amides is 2. The second-order valence-corrected chi connectivity index (χ2v) is 8.48. The highest BCUT2D eigenvalue weighted by Crippen LogP contribution is 2.38. The van der Waals surface area contributed by atoms with Crippen molar-refractivity contribution in [3.63, 3.8) is 0 Å². The average molecular weight is 400 g/mol. The molecule has 156 valence electrons. The van der Waals surface area contributed by atoms with Gasteiger partial charge in [-0.3, -0.25) is 14.3 Å². The summed E-state index contributed by atoms with van der Waals surface area (Å²) in [6.07, 6.45) is 5.46. The van der Waals surface area contributed by atoms with Crippen LogP contribution in [0, 0.1) is 11.8 Å². The molecule has 9 nitrogen and oxygen atoms in total. The number of aryl methyl sites for hydroxylation is 1. The van der Waals surface area contributed by atoms with E-state index < -0.39 is 0 Å². The molecule has 1 fully saturated rings. The van der Waals surface area contributed by atoms with Gasteiger partial charge in [-0.05, 0) is 37.5 Å². The van der Waals surface area contributed by atoms with Crippen molar-refractivity contribution in [2.45, 2.75) is 65.0 Å². The minimum absolute atomic E-state index is 0.0352. The third-order valence-electron chi connectivity index (χ3n) is 5.68. The molecule has 0 radical (unpaired) electrons. The fourth-order valence-corrected chi connectivity index (χ4v) is 3.76. The van der Waals surface area contributed by atoms with Crippen molar-refractivity contribution in [1.82, 2.24) is 30.6 Å². The maximum atomic E-state index is 13.1. The smallest absolute Gasteiger partial charge is 0.255 e. The van der Waals surface area contributed by atoms with Gasteiger partial charge in [-0.2, -0.15) is 10.1 Å². The van der Waals surface area contributed by atoms with E-state index in [0.717, 1.165) is 37.3 Å². The molecule has 1 aliphatic carbocycles. The van der Waals surface area contributed by atoms with Gasteiger partial charge in [0, 0.05) is 25.9 Å². The van der Waals surface area contributed by atoms with Gasteiger partial charge in [0.1, 0.15) is 6.04 Å². The number of carbonyl (C=O) groups is 2. The Morgan fingerprint density at radius 2 is 2.10 bits per heavy atom. The Balaban J connectivity index is 1.47. The third-order valence-corrected chi connectivity index (χ3v) is 5.68. The number of carbonyl (C=O) groups excluding carboxylic acids is 2. The summed E-state index contributed by atoms with van der Waals surface area (Å²) in [6, 6.07) is -0.350. The first-order valence-corrected chi connectivity index (χ1v) is 10.4. The van der Waals surface area contributed by atoms with E-state index in [0.29, 0.717) is 36.3 Å². The van der Waals surface area contributed by atoms with Crippen molar-refractivity contribution in [2.75, 3.05) is 6.54 Å². The lowest BCUT2D eigenvalue weighted by molar-refractivity contribution is -0.119. The lowest BCUT2D eigenvalue weighted by Crippen LogP contribution is -2.35. The van der Waals surface area contributed by atoms with Gasteiger partial charge in [0.15, 0.2) is 5.82 Å². The fraction of sp³-hybridized carbons (Fsp3) is 0.650. The van der Waals surface area contributed by atoms with Crippen molar-refractivity contribution in [3.8, 4) is 0 Å². The normalized spacial score (nSPS) is 19.7. The largest absolute Gasteiger partial charge is 0.356 e. The molecule has 4 rings (SSSR count). The second-order valence-electron chi connectivity index (χ2n) is 8.48. The van der Waals surface area contributed by atoms with Gasteiger partial charge in [-0.1, -0.05) is 19.0 Å². The van der Waals surface area contributed by atoms with Crippen molar-refractivity contribution in [2.24, 2.45) is 11.8 Å². The number of nitrogens with zero attached hydrogens (tertiary/aromatic N) is 4. The second kappa shape index (κ2) is 7.96. The zero-order valence-corrected chi connectivity index (χ0v) is 17.1. The zero-order valence-electron chi connectivity index (χ0n) is 17.1. The number of nitrogens with one attached hydrogen (secondary N) is 2. The predicted molar refractivity (Wildman–Crippen MR) is 104 cm³/mol. The van der Waals surface area contributed by atoms with Crippen LogP contribution >= 0.6 is 0 Å². The minimum atomic E-state index is -0.350. The standard InChI is InChI=1S/C20H28N6O3/c1-11(2)17(20-24-18(25-29-20)14-4-5-14)23-19(28)15-10-22-26-7-6-13(8-16(15)26)9-21-12(3)27/h10-11,13-14,17H,4-9H2,1-3H3,(H,21,27)(H,23,28)/t13-,17-/m0/s1. The number of rotatable bonds is 7. The molecule has 2 aromatic heterocycles. The van der Waals surface area contributed by atoms with E-state index in [1.54, 1.807) is 6.20 Å². The van der Waals surface area contributed by atoms with Crippen LogP contribution in [0.3, 0.4) is 0 Å². The van der Waals surface area contributed by atoms with Crippen LogP contribution in [0.25, 0.3) is 0 Å². The molecule has 2 atom stereocenters.